The molecule has 2 heterocycles. The van der Waals surface area contributed by atoms with Gasteiger partial charge < -0.3 is 5.11 Å². The Morgan fingerprint density at radius 3 is 2.56 bits per heavy atom. The third-order valence-corrected chi connectivity index (χ3v) is 3.24. The number of fused-ring (bicyclic) bond motifs is 2. The quantitative estimate of drug-likeness (QED) is 0.640. The van der Waals surface area contributed by atoms with E-state index in [1.807, 2.05) is 30.3 Å². The van der Waals surface area contributed by atoms with E-state index in [0.29, 0.717) is 15.9 Å². The molecule has 0 bridgehead atoms. The highest BCUT2D eigenvalue weighted by molar-refractivity contribution is 7.19. The fourth-order valence-electron chi connectivity index (χ4n) is 1.54. The van der Waals surface area contributed by atoms with Crippen LogP contribution in [0.1, 0.15) is 4.88 Å². The zero-order chi connectivity index (χ0) is 11.1. The molecule has 0 saturated heterocycles. The molecule has 0 atom stereocenters. The molecule has 3 aromatic rings. The third-order valence-electron chi connectivity index (χ3n) is 2.28. The molecule has 0 saturated carbocycles. The molecule has 2 aromatic heterocycles. The number of aromatic hydroxyl groups is 1. The van der Waals surface area contributed by atoms with Crippen LogP contribution in [0.4, 0.5) is 0 Å². The molecule has 0 radical (unpaired) electrons. The first-order valence-electron chi connectivity index (χ1n) is 4.58. The summed E-state index contributed by atoms with van der Waals surface area (Å²) in [6.07, 6.45) is 0. The number of aromatic nitrogens is 2. The Kier molecular flexibility index (Phi) is 1.79. The van der Waals surface area contributed by atoms with E-state index in [9.17, 15) is 5.11 Å². The lowest BCUT2D eigenvalue weighted by Crippen LogP contribution is -1.82. The van der Waals surface area contributed by atoms with Crippen molar-refractivity contribution in [3.05, 3.63) is 29.1 Å². The van der Waals surface area contributed by atoms with E-state index in [-0.39, 0.29) is 10.6 Å². The Bertz CT molecular complexity index is 742. The number of benzene rings is 1. The van der Waals surface area contributed by atoms with Gasteiger partial charge in [-0.25, -0.2) is 9.97 Å². The smallest absolute Gasteiger partial charge is 0.172 e. The van der Waals surface area contributed by atoms with E-state index in [4.69, 9.17) is 5.26 Å². The summed E-state index contributed by atoms with van der Waals surface area (Å²) >= 11 is 1.15. The van der Waals surface area contributed by atoms with Crippen LogP contribution in [-0.2, 0) is 0 Å². The van der Waals surface area contributed by atoms with E-state index in [1.54, 1.807) is 0 Å². The molecule has 4 nitrogen and oxygen atoms in total. The summed E-state index contributed by atoms with van der Waals surface area (Å²) in [6, 6.07) is 9.34. The molecule has 1 N–H and O–H groups in total. The fraction of sp³-hybridized carbons (Fsp3) is 0. The summed E-state index contributed by atoms with van der Waals surface area (Å²) in [4.78, 5) is 9.49. The van der Waals surface area contributed by atoms with E-state index >= 15 is 0 Å². The maximum absolute atomic E-state index is 9.73. The molecule has 76 valence electrons. The molecule has 3 rings (SSSR count). The minimum Gasteiger partial charge on any atom is -0.504 e. The Hall–Kier alpha value is -2.19. The Balaban J connectivity index is 2.50. The van der Waals surface area contributed by atoms with E-state index in [2.05, 4.69) is 9.97 Å². The maximum Gasteiger partial charge on any atom is 0.172 e. The predicted molar refractivity (Wildman–Crippen MR) is 61.3 cm³/mol. The van der Waals surface area contributed by atoms with Gasteiger partial charge in [0.1, 0.15) is 16.4 Å². The van der Waals surface area contributed by atoms with Crippen molar-refractivity contribution >= 4 is 32.7 Å². The second-order valence-electron chi connectivity index (χ2n) is 3.26. The second-order valence-corrected chi connectivity index (χ2v) is 4.26. The molecule has 1 aromatic carbocycles. The molecule has 0 fully saturated rings. The van der Waals surface area contributed by atoms with Gasteiger partial charge in [-0.15, -0.1) is 0 Å². The highest BCUT2D eigenvalue weighted by Gasteiger charge is 2.13. The van der Waals surface area contributed by atoms with Gasteiger partial charge in [0.15, 0.2) is 10.6 Å². The predicted octanol–water partition coefficient (Wildman–Crippen LogP) is 2.42. The molecular formula is C11H5N3OS. The first kappa shape index (κ1) is 9.07. The average molecular weight is 227 g/mol. The number of nitriles is 1. The normalized spacial score (nSPS) is 10.7. The minimum atomic E-state index is -0.0687. The molecule has 0 aliphatic heterocycles. The highest BCUT2D eigenvalue weighted by atomic mass is 32.1. The standard InChI is InChI=1S/C11H5N3OS/c12-5-8-10(15)9-11(16-8)14-7-4-2-1-3-6(7)13-9/h1-4,15H. The van der Waals surface area contributed by atoms with Crippen molar-refractivity contribution < 1.29 is 5.11 Å². The van der Waals surface area contributed by atoms with Gasteiger partial charge in [0.2, 0.25) is 0 Å². The zero-order valence-corrected chi connectivity index (χ0v) is 8.82. The molecule has 0 amide bonds. The van der Waals surface area contributed by atoms with Crippen LogP contribution in [0, 0.1) is 11.3 Å². The SMILES string of the molecule is N#Cc1sc2nc3ccccc3nc2c1O. The molecular weight excluding hydrogens is 222 g/mol. The molecule has 0 aliphatic carbocycles. The van der Waals surface area contributed by atoms with Crippen molar-refractivity contribution in [3.8, 4) is 11.8 Å². The summed E-state index contributed by atoms with van der Waals surface area (Å²) in [7, 11) is 0. The Labute approximate surface area is 94.4 Å². The van der Waals surface area contributed by atoms with E-state index in [1.165, 1.54) is 0 Å². The first-order valence-corrected chi connectivity index (χ1v) is 5.39. The summed E-state index contributed by atoms with van der Waals surface area (Å²) in [5, 5.41) is 18.5. The highest BCUT2D eigenvalue weighted by Crippen LogP contribution is 2.34. The van der Waals surface area contributed by atoms with Gasteiger partial charge in [0, 0.05) is 0 Å². The van der Waals surface area contributed by atoms with Crippen LogP contribution in [0.5, 0.6) is 5.75 Å². The van der Waals surface area contributed by atoms with Crippen molar-refractivity contribution in [2.75, 3.05) is 0 Å². The van der Waals surface area contributed by atoms with E-state index < -0.39 is 0 Å². The van der Waals surface area contributed by atoms with Crippen LogP contribution in [0.15, 0.2) is 24.3 Å². The molecule has 0 spiro atoms. The van der Waals surface area contributed by atoms with Gasteiger partial charge in [-0.2, -0.15) is 5.26 Å². The molecule has 0 aliphatic rings. The average Bonchev–Trinajstić information content (AvgIpc) is 2.63. The Morgan fingerprint density at radius 1 is 1.19 bits per heavy atom. The number of rotatable bonds is 0. The number of para-hydroxylation sites is 2. The minimum absolute atomic E-state index is 0.0687. The summed E-state index contributed by atoms with van der Waals surface area (Å²) in [6.45, 7) is 0. The van der Waals surface area contributed by atoms with Crippen LogP contribution < -0.4 is 0 Å². The summed E-state index contributed by atoms with van der Waals surface area (Å²) in [5.74, 6) is -0.0687. The number of nitrogens with zero attached hydrogens (tertiary/aromatic N) is 3. The van der Waals surface area contributed by atoms with Crippen LogP contribution in [0.3, 0.4) is 0 Å². The second kappa shape index (κ2) is 3.15. The monoisotopic (exact) mass is 227 g/mol. The lowest BCUT2D eigenvalue weighted by molar-refractivity contribution is 0.481. The number of thiophene rings is 1. The first-order chi connectivity index (χ1) is 7.79. The van der Waals surface area contributed by atoms with Crippen molar-refractivity contribution in [3.63, 3.8) is 0 Å². The molecule has 0 unspecified atom stereocenters. The van der Waals surface area contributed by atoms with Crippen LogP contribution >= 0.6 is 11.3 Å². The lowest BCUT2D eigenvalue weighted by atomic mass is 10.3. The van der Waals surface area contributed by atoms with Crippen LogP contribution in [-0.4, -0.2) is 15.1 Å². The number of hydrogen-bond donors (Lipinski definition) is 1. The zero-order valence-electron chi connectivity index (χ0n) is 8.01. The molecule has 16 heavy (non-hydrogen) atoms. The van der Waals surface area contributed by atoms with Gasteiger partial charge in [0.25, 0.3) is 0 Å². The van der Waals surface area contributed by atoms with Gasteiger partial charge >= 0.3 is 0 Å². The van der Waals surface area contributed by atoms with Gasteiger partial charge in [-0.1, -0.05) is 23.5 Å². The maximum atomic E-state index is 9.73. The summed E-state index contributed by atoms with van der Waals surface area (Å²) < 4.78 is 0. The van der Waals surface area contributed by atoms with Gasteiger partial charge in [-0.05, 0) is 12.1 Å². The summed E-state index contributed by atoms with van der Waals surface area (Å²) in [5.41, 5.74) is 1.88. The van der Waals surface area contributed by atoms with Crippen molar-refractivity contribution in [2.45, 2.75) is 0 Å². The molecule has 5 heteroatoms. The largest absolute Gasteiger partial charge is 0.504 e. The van der Waals surface area contributed by atoms with E-state index in [0.717, 1.165) is 16.9 Å². The van der Waals surface area contributed by atoms with Crippen molar-refractivity contribution in [1.82, 2.24) is 9.97 Å². The lowest BCUT2D eigenvalue weighted by Gasteiger charge is -1.95. The van der Waals surface area contributed by atoms with Crippen molar-refractivity contribution in [2.24, 2.45) is 0 Å². The van der Waals surface area contributed by atoms with Gasteiger partial charge in [-0.3, -0.25) is 0 Å². The number of hydrogen-bond acceptors (Lipinski definition) is 5. The van der Waals surface area contributed by atoms with Gasteiger partial charge in [0.05, 0.1) is 11.0 Å². The fourth-order valence-corrected chi connectivity index (χ4v) is 2.35. The van der Waals surface area contributed by atoms with Crippen molar-refractivity contribution in [1.29, 1.82) is 5.26 Å². The Morgan fingerprint density at radius 2 is 1.88 bits per heavy atom. The third kappa shape index (κ3) is 1.14. The topological polar surface area (TPSA) is 69.8 Å². The van der Waals surface area contributed by atoms with Crippen LogP contribution in [0.2, 0.25) is 0 Å². The van der Waals surface area contributed by atoms with Crippen LogP contribution in [0.25, 0.3) is 21.4 Å².